The van der Waals surface area contributed by atoms with Crippen molar-refractivity contribution in [3.63, 3.8) is 0 Å². The van der Waals surface area contributed by atoms with Gasteiger partial charge in [-0.15, -0.1) is 22.7 Å². The Labute approximate surface area is 620 Å². The van der Waals surface area contributed by atoms with Gasteiger partial charge < -0.3 is 20.4 Å². The molecule has 3 aliphatic rings. The summed E-state index contributed by atoms with van der Waals surface area (Å²) in [7, 11) is 0. The van der Waals surface area contributed by atoms with E-state index in [-0.39, 0.29) is 16.2 Å². The molecule has 0 bridgehead atoms. The highest BCUT2D eigenvalue weighted by molar-refractivity contribution is 7.26. The topological polar surface area (TPSA) is 49.2 Å². The van der Waals surface area contributed by atoms with Crippen molar-refractivity contribution in [1.29, 1.82) is 0 Å². The first kappa shape index (κ1) is 63.8. The molecule has 0 atom stereocenters. The molecular formula is C99H75N3OS2. The molecule has 0 fully saturated rings. The Kier molecular flexibility index (Phi) is 15.3. The molecule has 0 spiro atoms. The van der Waals surface area contributed by atoms with E-state index in [1.807, 2.05) is 46.9 Å². The van der Waals surface area contributed by atoms with Crippen LogP contribution in [0.5, 0.6) is 0 Å². The molecule has 105 heavy (non-hydrogen) atoms. The van der Waals surface area contributed by atoms with Gasteiger partial charge in [-0.3, -0.25) is 0 Å². The average molecular weight is 1390 g/mol. The zero-order chi connectivity index (χ0) is 70.7. The van der Waals surface area contributed by atoms with E-state index in [1.165, 1.54) is 146 Å². The average Bonchev–Trinajstić information content (AvgIpc) is 1.58. The second-order valence-electron chi connectivity index (χ2n) is 29.7. The molecule has 3 N–H and O–H groups in total. The lowest BCUT2D eigenvalue weighted by molar-refractivity contribution is 0.660. The summed E-state index contributed by atoms with van der Waals surface area (Å²) in [5.41, 5.74) is 32.4. The fraction of sp³-hybridized carbons (Fsp3) is 0.0909. The van der Waals surface area contributed by atoms with E-state index in [9.17, 15) is 0 Å². The number of fused-ring (bicyclic) bond motifs is 18. The van der Waals surface area contributed by atoms with E-state index in [0.717, 1.165) is 50.4 Å². The Morgan fingerprint density at radius 3 is 1.25 bits per heavy atom. The number of benzene rings is 15. The summed E-state index contributed by atoms with van der Waals surface area (Å²) in [6.07, 6.45) is 0. The number of para-hydroxylation sites is 1. The van der Waals surface area contributed by atoms with E-state index in [1.54, 1.807) is 0 Å². The molecule has 0 saturated heterocycles. The first-order valence-corrected chi connectivity index (χ1v) is 38.0. The number of hydrogen-bond acceptors (Lipinski definition) is 6. The number of furan rings is 1. The maximum atomic E-state index is 6.10. The third-order valence-corrected chi connectivity index (χ3v) is 24.6. The zero-order valence-corrected chi connectivity index (χ0v) is 61.0. The van der Waals surface area contributed by atoms with Crippen molar-refractivity contribution >= 4 is 119 Å². The smallest absolute Gasteiger partial charge is 0.137 e. The normalized spacial score (nSPS) is 13.7. The highest BCUT2D eigenvalue weighted by Gasteiger charge is 2.40. The van der Waals surface area contributed by atoms with Crippen LogP contribution < -0.4 is 16.0 Å². The quantitative estimate of drug-likeness (QED) is 0.135. The first-order chi connectivity index (χ1) is 51.3. The second kappa shape index (κ2) is 25.1. The highest BCUT2D eigenvalue weighted by atomic mass is 32.1. The molecule has 18 aromatic rings. The zero-order valence-electron chi connectivity index (χ0n) is 59.4. The lowest BCUT2D eigenvalue weighted by Gasteiger charge is -2.25. The molecule has 3 heterocycles. The van der Waals surface area contributed by atoms with Crippen molar-refractivity contribution in [2.75, 3.05) is 16.0 Å². The van der Waals surface area contributed by atoms with Crippen LogP contribution in [-0.4, -0.2) is 0 Å². The van der Waals surface area contributed by atoms with Crippen LogP contribution in [0, 0.1) is 0 Å². The highest BCUT2D eigenvalue weighted by Crippen LogP contribution is 2.56. The summed E-state index contributed by atoms with van der Waals surface area (Å²) in [6, 6.07) is 118. The van der Waals surface area contributed by atoms with E-state index in [4.69, 9.17) is 4.42 Å². The number of thiophene rings is 2. The van der Waals surface area contributed by atoms with Gasteiger partial charge in [-0.25, -0.2) is 0 Å². The van der Waals surface area contributed by atoms with Gasteiger partial charge in [0.1, 0.15) is 11.2 Å². The lowest BCUT2D eigenvalue weighted by Crippen LogP contribution is -2.16. The molecule has 21 rings (SSSR count). The maximum absolute atomic E-state index is 6.10. The minimum atomic E-state index is -0.0874. The number of nitrogens with one attached hydrogen (secondary N) is 3. The van der Waals surface area contributed by atoms with Crippen molar-refractivity contribution < 1.29 is 4.42 Å². The molecule has 6 heteroatoms. The van der Waals surface area contributed by atoms with E-state index >= 15 is 0 Å². The SMILES string of the molecule is CC1(C)c2cc(Nc3cccc4oc5ccccc5c34)ccc2-c2c(-c3ccccc3)cccc21.CC1(C)c2cc(Nc3cccc4sc5ccccc5c34)ccc2-c2ccc(-c3ccccc3)cc21.CC1(C)c2cc(Nc3cccc4sc5ccccc5c34)ccc2-c2cccc(-c3ccccc3)c21. The van der Waals surface area contributed by atoms with Crippen LogP contribution in [0.25, 0.3) is 129 Å². The molecule has 0 amide bonds. The summed E-state index contributed by atoms with van der Waals surface area (Å²) < 4.78 is 11.4. The molecule has 0 aliphatic heterocycles. The summed E-state index contributed by atoms with van der Waals surface area (Å²) in [4.78, 5) is 0. The van der Waals surface area contributed by atoms with Crippen molar-refractivity contribution in [3.05, 3.63) is 361 Å². The van der Waals surface area contributed by atoms with Crippen molar-refractivity contribution in [3.8, 4) is 66.8 Å². The van der Waals surface area contributed by atoms with Crippen LogP contribution in [0.4, 0.5) is 34.1 Å². The third kappa shape index (κ3) is 10.8. The molecule has 504 valence electrons. The Morgan fingerprint density at radius 2 is 0.648 bits per heavy atom. The van der Waals surface area contributed by atoms with Gasteiger partial charge in [-0.1, -0.05) is 272 Å². The van der Waals surface area contributed by atoms with Gasteiger partial charge in [0.25, 0.3) is 0 Å². The van der Waals surface area contributed by atoms with Gasteiger partial charge in [0.15, 0.2) is 0 Å². The summed E-state index contributed by atoms with van der Waals surface area (Å²) in [5.74, 6) is 0. The van der Waals surface area contributed by atoms with Crippen LogP contribution >= 0.6 is 22.7 Å². The molecule has 4 nitrogen and oxygen atoms in total. The Bertz CT molecular complexity index is 6470. The van der Waals surface area contributed by atoms with Crippen LogP contribution in [0.15, 0.2) is 332 Å². The molecule has 15 aromatic carbocycles. The van der Waals surface area contributed by atoms with E-state index < -0.39 is 0 Å². The fourth-order valence-electron chi connectivity index (χ4n) is 17.3. The predicted molar refractivity (Wildman–Crippen MR) is 451 cm³/mol. The number of rotatable bonds is 9. The van der Waals surface area contributed by atoms with Gasteiger partial charge in [0.05, 0.1) is 11.1 Å². The first-order valence-electron chi connectivity index (χ1n) is 36.4. The number of hydrogen-bond donors (Lipinski definition) is 3. The van der Waals surface area contributed by atoms with Crippen molar-refractivity contribution in [1.82, 2.24) is 0 Å². The Hall–Kier alpha value is -12.1. The fourth-order valence-corrected chi connectivity index (χ4v) is 19.5. The molecule has 0 saturated carbocycles. The molecular weight excluding hydrogens is 1310 g/mol. The summed E-state index contributed by atoms with van der Waals surface area (Å²) in [6.45, 7) is 14.1. The molecule has 0 unspecified atom stereocenters. The van der Waals surface area contributed by atoms with E-state index in [0.29, 0.717) is 0 Å². The van der Waals surface area contributed by atoms with Gasteiger partial charge >= 0.3 is 0 Å². The largest absolute Gasteiger partial charge is 0.456 e. The van der Waals surface area contributed by atoms with Gasteiger partial charge in [-0.05, 0) is 197 Å². The summed E-state index contributed by atoms with van der Waals surface area (Å²) >= 11 is 3.71. The second-order valence-corrected chi connectivity index (χ2v) is 31.8. The van der Waals surface area contributed by atoms with E-state index in [2.05, 4.69) is 361 Å². The minimum Gasteiger partial charge on any atom is -0.456 e. The van der Waals surface area contributed by atoms with Gasteiger partial charge in [-0.2, -0.15) is 0 Å². The minimum absolute atomic E-state index is 0.0613. The maximum Gasteiger partial charge on any atom is 0.137 e. The summed E-state index contributed by atoms with van der Waals surface area (Å²) in [5, 5.41) is 18.7. The van der Waals surface area contributed by atoms with Crippen molar-refractivity contribution in [2.24, 2.45) is 0 Å². The van der Waals surface area contributed by atoms with Crippen LogP contribution in [0.1, 0.15) is 74.9 Å². The Morgan fingerprint density at radius 1 is 0.248 bits per heavy atom. The Balaban J connectivity index is 0.000000108. The van der Waals surface area contributed by atoms with Crippen molar-refractivity contribution in [2.45, 2.75) is 57.8 Å². The van der Waals surface area contributed by atoms with Crippen LogP contribution in [0.3, 0.4) is 0 Å². The lowest BCUT2D eigenvalue weighted by atomic mass is 9.79. The number of anilines is 6. The van der Waals surface area contributed by atoms with Crippen LogP contribution in [0.2, 0.25) is 0 Å². The van der Waals surface area contributed by atoms with Crippen LogP contribution in [-0.2, 0) is 16.2 Å². The molecule has 3 aromatic heterocycles. The third-order valence-electron chi connectivity index (χ3n) is 22.4. The predicted octanol–water partition coefficient (Wildman–Crippen LogP) is 28.8. The molecule has 0 radical (unpaired) electrons. The monoisotopic (exact) mass is 1390 g/mol. The molecule has 3 aliphatic carbocycles. The van der Waals surface area contributed by atoms with Gasteiger partial charge in [0, 0.05) is 90.4 Å². The standard InChI is InChI=1S/C33H25NO.2C33H25NS/c1-33(2)26-14-8-13-23(21-10-4-3-5-11-21)31(26)24-19-18-22(20-27(24)33)34-28-15-9-17-30-32(28)25-12-6-7-16-29(25)35-30;1-33(2)27-20-22(34-28-15-9-17-30-31(28)26-12-6-7-16-29(26)35-30)18-19-24(27)25-14-8-13-23(32(25)33)21-10-4-3-5-11-21;1-33(2)27-19-22(21-9-4-3-5-10-21)15-17-24(27)25-18-16-23(20-28(25)33)34-29-12-8-14-31-32(29)26-11-6-7-13-30(26)35-31/h3*3-20,34H,1-2H3. The van der Waals surface area contributed by atoms with Gasteiger partial charge in [0.2, 0.25) is 0 Å².